The molecule has 4 nitrogen and oxygen atoms in total. The average molecular weight is 211 g/mol. The van der Waals surface area contributed by atoms with Crippen LogP contribution in [-0.4, -0.2) is 29.8 Å². The lowest BCUT2D eigenvalue weighted by Gasteiger charge is -2.12. The van der Waals surface area contributed by atoms with Gasteiger partial charge in [-0.3, -0.25) is 0 Å². The van der Waals surface area contributed by atoms with Crippen LogP contribution in [0.15, 0.2) is 12.4 Å². The predicted molar refractivity (Wildman–Crippen MR) is 62.2 cm³/mol. The zero-order valence-corrected chi connectivity index (χ0v) is 9.86. The molecule has 0 aliphatic carbocycles. The molecule has 0 bridgehead atoms. The fourth-order valence-electron chi connectivity index (χ4n) is 1.44. The molecule has 0 saturated heterocycles. The Morgan fingerprint density at radius 1 is 1.47 bits per heavy atom. The molecular formula is C11H21N3O. The minimum absolute atomic E-state index is 0.453. The van der Waals surface area contributed by atoms with Gasteiger partial charge in [-0.15, -0.1) is 0 Å². The van der Waals surface area contributed by atoms with Crippen molar-refractivity contribution in [2.45, 2.75) is 32.7 Å². The maximum absolute atomic E-state index is 4.99. The number of rotatable bonds is 7. The van der Waals surface area contributed by atoms with Crippen LogP contribution in [0, 0.1) is 0 Å². The summed E-state index contributed by atoms with van der Waals surface area (Å²) in [6, 6.07) is 0.453. The van der Waals surface area contributed by atoms with Gasteiger partial charge in [-0.05, 0) is 26.7 Å². The molecule has 0 aromatic carbocycles. The lowest BCUT2D eigenvalue weighted by molar-refractivity contribution is 0.193. The lowest BCUT2D eigenvalue weighted by Crippen LogP contribution is -2.10. The molecule has 0 atom stereocenters. The molecule has 1 aromatic heterocycles. The highest BCUT2D eigenvalue weighted by atomic mass is 16.5. The van der Waals surface area contributed by atoms with Gasteiger partial charge in [0.2, 0.25) is 5.95 Å². The molecule has 0 spiro atoms. The zero-order chi connectivity index (χ0) is 11.1. The number of anilines is 1. The summed E-state index contributed by atoms with van der Waals surface area (Å²) >= 11 is 0. The van der Waals surface area contributed by atoms with Crippen molar-refractivity contribution >= 4 is 5.95 Å². The average Bonchev–Trinajstić information content (AvgIpc) is 2.66. The summed E-state index contributed by atoms with van der Waals surface area (Å²) in [5.41, 5.74) is 0. The smallest absolute Gasteiger partial charge is 0.203 e. The van der Waals surface area contributed by atoms with E-state index in [4.69, 9.17) is 4.74 Å². The number of nitrogens with one attached hydrogen (secondary N) is 1. The lowest BCUT2D eigenvalue weighted by atomic mass is 10.3. The third-order valence-corrected chi connectivity index (χ3v) is 2.28. The van der Waals surface area contributed by atoms with Crippen LogP contribution in [-0.2, 0) is 4.74 Å². The Balaban J connectivity index is 2.28. The first-order valence-electron chi connectivity index (χ1n) is 5.51. The van der Waals surface area contributed by atoms with Gasteiger partial charge in [0.1, 0.15) is 0 Å². The molecule has 86 valence electrons. The van der Waals surface area contributed by atoms with Crippen LogP contribution in [0.1, 0.15) is 32.7 Å². The minimum Gasteiger partial charge on any atom is -0.385 e. The van der Waals surface area contributed by atoms with Crippen LogP contribution >= 0.6 is 0 Å². The molecule has 1 aromatic rings. The van der Waals surface area contributed by atoms with Crippen molar-refractivity contribution < 1.29 is 4.74 Å². The molecular weight excluding hydrogens is 190 g/mol. The molecule has 0 saturated carbocycles. The van der Waals surface area contributed by atoms with Crippen molar-refractivity contribution in [3.05, 3.63) is 12.4 Å². The van der Waals surface area contributed by atoms with Crippen LogP contribution in [0.3, 0.4) is 0 Å². The Morgan fingerprint density at radius 2 is 2.27 bits per heavy atom. The number of methoxy groups -OCH3 is 1. The number of unbranched alkanes of at least 4 members (excludes halogenated alkanes) is 1. The molecule has 0 aliphatic rings. The number of imidazole rings is 1. The Kier molecular flexibility index (Phi) is 5.18. The van der Waals surface area contributed by atoms with E-state index in [1.165, 1.54) is 0 Å². The van der Waals surface area contributed by atoms with Gasteiger partial charge in [0.15, 0.2) is 0 Å². The van der Waals surface area contributed by atoms with E-state index in [9.17, 15) is 0 Å². The molecule has 1 heterocycles. The SMILES string of the molecule is COCCCCNc1nccn1C(C)C. The molecule has 4 heteroatoms. The highest BCUT2D eigenvalue weighted by Gasteiger charge is 2.03. The second-order valence-corrected chi connectivity index (χ2v) is 3.88. The third kappa shape index (κ3) is 3.91. The highest BCUT2D eigenvalue weighted by Crippen LogP contribution is 2.12. The maximum Gasteiger partial charge on any atom is 0.203 e. The molecule has 1 N–H and O–H groups in total. The molecule has 15 heavy (non-hydrogen) atoms. The molecule has 0 fully saturated rings. The Labute approximate surface area is 91.7 Å². The van der Waals surface area contributed by atoms with Crippen LogP contribution in [0.4, 0.5) is 5.95 Å². The topological polar surface area (TPSA) is 39.1 Å². The number of aromatic nitrogens is 2. The summed E-state index contributed by atoms with van der Waals surface area (Å²) in [6.45, 7) is 6.09. The van der Waals surface area contributed by atoms with E-state index < -0.39 is 0 Å². The zero-order valence-electron chi connectivity index (χ0n) is 9.86. The third-order valence-electron chi connectivity index (χ3n) is 2.28. The van der Waals surface area contributed by atoms with Crippen molar-refractivity contribution in [2.24, 2.45) is 0 Å². The van der Waals surface area contributed by atoms with E-state index in [-0.39, 0.29) is 0 Å². The summed E-state index contributed by atoms with van der Waals surface area (Å²) in [4.78, 5) is 4.28. The van der Waals surface area contributed by atoms with E-state index in [2.05, 4.69) is 28.7 Å². The maximum atomic E-state index is 4.99. The standard InChI is InChI=1S/C11H21N3O/c1-10(2)14-8-7-13-11(14)12-6-4-5-9-15-3/h7-8,10H,4-6,9H2,1-3H3,(H,12,13). The molecule has 0 radical (unpaired) electrons. The fourth-order valence-corrected chi connectivity index (χ4v) is 1.44. The van der Waals surface area contributed by atoms with Gasteiger partial charge >= 0.3 is 0 Å². The Hall–Kier alpha value is -1.03. The second-order valence-electron chi connectivity index (χ2n) is 3.88. The summed E-state index contributed by atoms with van der Waals surface area (Å²) in [7, 11) is 1.74. The summed E-state index contributed by atoms with van der Waals surface area (Å²) in [6.07, 6.45) is 6.03. The van der Waals surface area contributed by atoms with Crippen molar-refractivity contribution in [1.82, 2.24) is 9.55 Å². The monoisotopic (exact) mass is 211 g/mol. The summed E-state index contributed by atoms with van der Waals surface area (Å²) in [5.74, 6) is 0.961. The van der Waals surface area contributed by atoms with Gasteiger partial charge in [0, 0.05) is 38.7 Å². The number of nitrogens with zero attached hydrogens (tertiary/aromatic N) is 2. The highest BCUT2D eigenvalue weighted by molar-refractivity contribution is 5.26. The predicted octanol–water partition coefficient (Wildman–Crippen LogP) is 2.30. The Morgan fingerprint density at radius 3 is 2.93 bits per heavy atom. The molecule has 0 aliphatic heterocycles. The molecule has 0 amide bonds. The Bertz CT molecular complexity index is 271. The summed E-state index contributed by atoms with van der Waals surface area (Å²) < 4.78 is 7.13. The molecule has 1 rings (SSSR count). The first-order valence-corrected chi connectivity index (χ1v) is 5.51. The largest absolute Gasteiger partial charge is 0.385 e. The first kappa shape index (κ1) is 12.0. The number of hydrogen-bond acceptors (Lipinski definition) is 3. The van der Waals surface area contributed by atoms with Crippen molar-refractivity contribution in [1.29, 1.82) is 0 Å². The van der Waals surface area contributed by atoms with Gasteiger partial charge in [-0.1, -0.05) is 0 Å². The number of ether oxygens (including phenoxy) is 1. The van der Waals surface area contributed by atoms with Crippen molar-refractivity contribution in [3.63, 3.8) is 0 Å². The second kappa shape index (κ2) is 6.45. The quantitative estimate of drug-likeness (QED) is 0.703. The van der Waals surface area contributed by atoms with Crippen LogP contribution in [0.5, 0.6) is 0 Å². The van der Waals surface area contributed by atoms with Gasteiger partial charge in [0.05, 0.1) is 0 Å². The van der Waals surface area contributed by atoms with E-state index in [1.807, 2.05) is 12.4 Å². The van der Waals surface area contributed by atoms with Gasteiger partial charge < -0.3 is 14.6 Å². The fraction of sp³-hybridized carbons (Fsp3) is 0.727. The number of hydrogen-bond donors (Lipinski definition) is 1. The van der Waals surface area contributed by atoms with Crippen molar-refractivity contribution in [2.75, 3.05) is 25.6 Å². The van der Waals surface area contributed by atoms with Gasteiger partial charge in [-0.2, -0.15) is 0 Å². The first-order chi connectivity index (χ1) is 7.25. The van der Waals surface area contributed by atoms with E-state index in [0.29, 0.717) is 6.04 Å². The minimum atomic E-state index is 0.453. The van der Waals surface area contributed by atoms with E-state index in [1.54, 1.807) is 7.11 Å². The van der Waals surface area contributed by atoms with Crippen LogP contribution < -0.4 is 5.32 Å². The van der Waals surface area contributed by atoms with Crippen molar-refractivity contribution in [3.8, 4) is 0 Å². The van der Waals surface area contributed by atoms with E-state index in [0.717, 1.165) is 31.9 Å². The molecule has 0 unspecified atom stereocenters. The van der Waals surface area contributed by atoms with E-state index >= 15 is 0 Å². The summed E-state index contributed by atoms with van der Waals surface area (Å²) in [5, 5.41) is 3.33. The van der Waals surface area contributed by atoms with Crippen LogP contribution in [0.25, 0.3) is 0 Å². The normalized spacial score (nSPS) is 10.9. The van der Waals surface area contributed by atoms with Crippen LogP contribution in [0.2, 0.25) is 0 Å². The van der Waals surface area contributed by atoms with Gasteiger partial charge in [0.25, 0.3) is 0 Å². The van der Waals surface area contributed by atoms with Gasteiger partial charge in [-0.25, -0.2) is 4.98 Å².